The van der Waals surface area contributed by atoms with Crippen molar-refractivity contribution in [2.45, 2.75) is 38.1 Å². The molecule has 0 unspecified atom stereocenters. The van der Waals surface area contributed by atoms with Gasteiger partial charge in [0.2, 0.25) is 10.0 Å². The van der Waals surface area contributed by atoms with E-state index in [0.717, 1.165) is 6.07 Å². The van der Waals surface area contributed by atoms with Crippen molar-refractivity contribution in [3.63, 3.8) is 0 Å². The molecule has 0 aliphatic heterocycles. The average Bonchev–Trinajstić information content (AvgIpc) is 2.26. The molecule has 0 fully saturated rings. The van der Waals surface area contributed by atoms with Gasteiger partial charge in [0, 0.05) is 5.54 Å². The number of hydrogen-bond donors (Lipinski definition) is 2. The third kappa shape index (κ3) is 4.21. The highest BCUT2D eigenvalue weighted by Crippen LogP contribution is 2.26. The molecule has 0 saturated heterocycles. The molecule has 0 amide bonds. The Balaban J connectivity index is 3.39. The molecule has 2 N–H and O–H groups in total. The quantitative estimate of drug-likeness (QED) is 0.866. The van der Waals surface area contributed by atoms with E-state index in [1.165, 1.54) is 12.1 Å². The van der Waals surface area contributed by atoms with Crippen LogP contribution in [0.3, 0.4) is 0 Å². The van der Waals surface area contributed by atoms with E-state index >= 15 is 0 Å². The monoisotopic (exact) mass is 301 g/mol. The molecule has 112 valence electrons. The Bertz CT molecular complexity index is 602. The summed E-state index contributed by atoms with van der Waals surface area (Å²) in [5, 5.41) is 8.97. The lowest BCUT2D eigenvalue weighted by molar-refractivity contribution is 0.0696. The highest BCUT2D eigenvalue weighted by Gasteiger charge is 2.26. The first kappa shape index (κ1) is 16.5. The molecule has 20 heavy (non-hydrogen) atoms. The van der Waals surface area contributed by atoms with E-state index in [2.05, 4.69) is 4.72 Å². The average molecular weight is 301 g/mol. The number of carboxylic acids is 1. The molecular weight excluding hydrogens is 282 g/mol. The zero-order valence-corrected chi connectivity index (χ0v) is 12.7. The summed E-state index contributed by atoms with van der Waals surface area (Å²) in [5.41, 5.74) is -0.788. The molecule has 1 aromatic rings. The summed E-state index contributed by atoms with van der Waals surface area (Å²) in [6.45, 7) is 7.10. The minimum atomic E-state index is -3.87. The van der Waals surface area contributed by atoms with Gasteiger partial charge >= 0.3 is 5.97 Å². The fraction of sp³-hybridized carbons (Fsp3) is 0.462. The number of nitrogens with one attached hydrogen (secondary N) is 1. The van der Waals surface area contributed by atoms with Crippen molar-refractivity contribution in [2.75, 3.05) is 6.61 Å². The van der Waals surface area contributed by atoms with Crippen LogP contribution in [0.5, 0.6) is 5.75 Å². The molecule has 0 bridgehead atoms. The lowest BCUT2D eigenvalue weighted by atomic mass is 10.1. The number of carboxylic acid groups (broad SMARTS) is 1. The normalized spacial score (nSPS) is 12.2. The first-order chi connectivity index (χ1) is 9.07. The summed E-state index contributed by atoms with van der Waals surface area (Å²) in [4.78, 5) is 10.8. The molecule has 6 nitrogen and oxygen atoms in total. The summed E-state index contributed by atoms with van der Waals surface area (Å²) < 4.78 is 32.4. The van der Waals surface area contributed by atoms with E-state index < -0.39 is 21.5 Å². The summed E-state index contributed by atoms with van der Waals surface area (Å²) in [5.74, 6) is -1.06. The highest BCUT2D eigenvalue weighted by atomic mass is 32.2. The molecular formula is C13H19NO5S. The molecule has 1 aromatic carbocycles. The Morgan fingerprint density at radius 3 is 2.40 bits per heavy atom. The van der Waals surface area contributed by atoms with E-state index in [4.69, 9.17) is 9.84 Å². The highest BCUT2D eigenvalue weighted by molar-refractivity contribution is 7.89. The van der Waals surface area contributed by atoms with E-state index in [9.17, 15) is 13.2 Å². The van der Waals surface area contributed by atoms with Gasteiger partial charge in [-0.05, 0) is 45.9 Å². The summed E-state index contributed by atoms with van der Waals surface area (Å²) in [6.07, 6.45) is 0. The van der Waals surface area contributed by atoms with Crippen molar-refractivity contribution < 1.29 is 23.1 Å². The predicted octanol–water partition coefficient (Wildman–Crippen LogP) is 1.86. The Labute approximate surface area is 118 Å². The second-order valence-electron chi connectivity index (χ2n) is 5.26. The largest absolute Gasteiger partial charge is 0.492 e. The number of carbonyl (C=O) groups is 1. The standard InChI is InChI=1S/C13H19NO5S/c1-5-19-10-7-6-9(12(15)16)8-11(10)20(17,18)14-13(2,3)4/h6-8,14H,5H2,1-4H3,(H,15,16). The number of sulfonamides is 1. The first-order valence-corrected chi connectivity index (χ1v) is 7.59. The van der Waals surface area contributed by atoms with Gasteiger partial charge in [0.1, 0.15) is 10.6 Å². The maximum absolute atomic E-state index is 12.3. The zero-order valence-electron chi connectivity index (χ0n) is 11.9. The van der Waals surface area contributed by atoms with E-state index in [0.29, 0.717) is 0 Å². The van der Waals surface area contributed by atoms with Crippen LogP contribution in [-0.2, 0) is 10.0 Å². The van der Waals surface area contributed by atoms with Crippen LogP contribution in [0.1, 0.15) is 38.1 Å². The molecule has 7 heteroatoms. The van der Waals surface area contributed by atoms with Crippen LogP contribution in [0.15, 0.2) is 23.1 Å². The molecule has 0 heterocycles. The lowest BCUT2D eigenvalue weighted by Gasteiger charge is -2.21. The Morgan fingerprint density at radius 1 is 1.35 bits per heavy atom. The van der Waals surface area contributed by atoms with Crippen LogP contribution in [0.2, 0.25) is 0 Å². The van der Waals surface area contributed by atoms with Crippen LogP contribution in [0.25, 0.3) is 0 Å². The summed E-state index contributed by atoms with van der Waals surface area (Å²) in [7, 11) is -3.87. The van der Waals surface area contributed by atoms with Crippen LogP contribution in [0.4, 0.5) is 0 Å². The molecule has 0 aliphatic carbocycles. The van der Waals surface area contributed by atoms with Gasteiger partial charge in [0.05, 0.1) is 12.2 Å². The number of aromatic carboxylic acids is 1. The Kier molecular flexibility index (Phi) is 4.77. The fourth-order valence-electron chi connectivity index (χ4n) is 1.58. The van der Waals surface area contributed by atoms with Crippen molar-refractivity contribution in [3.8, 4) is 5.75 Å². The fourth-order valence-corrected chi connectivity index (χ4v) is 3.17. The topological polar surface area (TPSA) is 92.7 Å². The van der Waals surface area contributed by atoms with E-state index in [1.54, 1.807) is 27.7 Å². The van der Waals surface area contributed by atoms with Crippen LogP contribution >= 0.6 is 0 Å². The van der Waals surface area contributed by atoms with Gasteiger partial charge < -0.3 is 9.84 Å². The maximum atomic E-state index is 12.3. The Morgan fingerprint density at radius 2 is 1.95 bits per heavy atom. The molecule has 0 aliphatic rings. The first-order valence-electron chi connectivity index (χ1n) is 6.11. The van der Waals surface area contributed by atoms with Gasteiger partial charge in [0.25, 0.3) is 0 Å². The Hall–Kier alpha value is -1.60. The molecule has 0 atom stereocenters. The third-order valence-corrected chi connectivity index (χ3v) is 4.00. The number of benzene rings is 1. The van der Waals surface area contributed by atoms with Gasteiger partial charge in [-0.1, -0.05) is 0 Å². The zero-order chi connectivity index (χ0) is 15.6. The van der Waals surface area contributed by atoms with E-state index in [-0.39, 0.29) is 22.8 Å². The minimum absolute atomic E-state index is 0.109. The van der Waals surface area contributed by atoms with Gasteiger partial charge in [-0.3, -0.25) is 0 Å². The summed E-state index contributed by atoms with van der Waals surface area (Å²) in [6, 6.07) is 3.76. The third-order valence-electron chi connectivity index (χ3n) is 2.22. The van der Waals surface area contributed by atoms with Crippen LogP contribution in [0, 0.1) is 0 Å². The van der Waals surface area contributed by atoms with E-state index in [1.807, 2.05) is 0 Å². The van der Waals surface area contributed by atoms with Crippen LogP contribution < -0.4 is 9.46 Å². The maximum Gasteiger partial charge on any atom is 0.335 e. The van der Waals surface area contributed by atoms with Gasteiger partial charge in [-0.15, -0.1) is 0 Å². The lowest BCUT2D eigenvalue weighted by Crippen LogP contribution is -2.40. The molecule has 1 rings (SSSR count). The second kappa shape index (κ2) is 5.80. The van der Waals surface area contributed by atoms with Gasteiger partial charge in [-0.2, -0.15) is 0 Å². The number of rotatable bonds is 5. The second-order valence-corrected chi connectivity index (χ2v) is 6.91. The SMILES string of the molecule is CCOc1ccc(C(=O)O)cc1S(=O)(=O)NC(C)(C)C. The van der Waals surface area contributed by atoms with Crippen molar-refractivity contribution in [2.24, 2.45) is 0 Å². The van der Waals surface area contributed by atoms with Crippen molar-refractivity contribution in [1.82, 2.24) is 4.72 Å². The molecule has 0 saturated carbocycles. The van der Waals surface area contributed by atoms with Crippen molar-refractivity contribution in [3.05, 3.63) is 23.8 Å². The minimum Gasteiger partial charge on any atom is -0.492 e. The van der Waals surface area contributed by atoms with Crippen LogP contribution in [-0.4, -0.2) is 31.6 Å². The molecule has 0 spiro atoms. The number of ether oxygens (including phenoxy) is 1. The predicted molar refractivity (Wildman–Crippen MR) is 74.6 cm³/mol. The number of hydrogen-bond acceptors (Lipinski definition) is 4. The van der Waals surface area contributed by atoms with Crippen molar-refractivity contribution in [1.29, 1.82) is 0 Å². The smallest absolute Gasteiger partial charge is 0.335 e. The molecule has 0 radical (unpaired) electrons. The summed E-state index contributed by atoms with van der Waals surface area (Å²) >= 11 is 0. The van der Waals surface area contributed by atoms with Crippen molar-refractivity contribution >= 4 is 16.0 Å². The van der Waals surface area contributed by atoms with Gasteiger partial charge in [0.15, 0.2) is 0 Å². The molecule has 0 aromatic heterocycles. The van der Waals surface area contributed by atoms with Gasteiger partial charge in [-0.25, -0.2) is 17.9 Å².